The Balaban J connectivity index is 2.21. The van der Waals surface area contributed by atoms with E-state index in [0.29, 0.717) is 19.5 Å². The van der Waals surface area contributed by atoms with Gasteiger partial charge in [-0.05, 0) is 44.5 Å². The number of terminal acetylenes is 1. The van der Waals surface area contributed by atoms with Crippen LogP contribution < -0.4 is 10.6 Å². The van der Waals surface area contributed by atoms with Crippen LogP contribution in [0.1, 0.15) is 56.9 Å². The van der Waals surface area contributed by atoms with Crippen molar-refractivity contribution in [2.45, 2.75) is 82.1 Å². The molecule has 0 bridgehead atoms. The Bertz CT molecular complexity index is 1070. The molecular formula is C33H49FN4O5. The molecule has 43 heavy (non-hydrogen) atoms. The van der Waals surface area contributed by atoms with Gasteiger partial charge in [-0.2, -0.15) is 0 Å². The molecule has 0 radical (unpaired) electrons. The quantitative estimate of drug-likeness (QED) is 0.204. The van der Waals surface area contributed by atoms with Crippen LogP contribution in [-0.4, -0.2) is 96.3 Å². The summed E-state index contributed by atoms with van der Waals surface area (Å²) in [6, 6.07) is 7.31. The number of hydrogen-bond acceptors (Lipinski definition) is 6. The third-order valence-electron chi connectivity index (χ3n) is 8.05. The Morgan fingerprint density at radius 2 is 1.72 bits per heavy atom. The van der Waals surface area contributed by atoms with E-state index in [9.17, 15) is 29.0 Å². The predicted octanol–water partition coefficient (Wildman–Crippen LogP) is 2.42. The van der Waals surface area contributed by atoms with E-state index in [2.05, 4.69) is 16.6 Å². The lowest BCUT2D eigenvalue weighted by Crippen LogP contribution is -2.55. The largest absolute Gasteiger partial charge is 0.388 e. The SMILES string of the molecule is C#CC[C@H](NC(=O)[C@@H](CC(=O)N(C)CCN(C)C)Cc1ccccc1)C(=O)N[C@@H](CC1CCCCC1)[C@@H](O)[C@@H](O)/C=C/F. The molecule has 0 heterocycles. The Morgan fingerprint density at radius 1 is 1.05 bits per heavy atom. The Kier molecular flexibility index (Phi) is 16.0. The highest BCUT2D eigenvalue weighted by Gasteiger charge is 2.33. The number of rotatable bonds is 17. The van der Waals surface area contributed by atoms with Gasteiger partial charge in [0.2, 0.25) is 17.7 Å². The third kappa shape index (κ3) is 12.9. The number of nitrogens with zero attached hydrogens (tertiary/aromatic N) is 2. The average Bonchev–Trinajstić information content (AvgIpc) is 2.99. The van der Waals surface area contributed by atoms with Gasteiger partial charge in [0, 0.05) is 33.0 Å². The first-order valence-electron chi connectivity index (χ1n) is 15.2. The van der Waals surface area contributed by atoms with Crippen molar-refractivity contribution in [1.82, 2.24) is 20.4 Å². The van der Waals surface area contributed by atoms with Crippen LogP contribution in [0, 0.1) is 24.2 Å². The van der Waals surface area contributed by atoms with Gasteiger partial charge in [-0.1, -0.05) is 62.4 Å². The summed E-state index contributed by atoms with van der Waals surface area (Å²) in [6.45, 7) is 1.17. The maximum absolute atomic E-state index is 13.6. The molecule has 3 amide bonds. The number of hydrogen-bond donors (Lipinski definition) is 4. The van der Waals surface area contributed by atoms with Crippen LogP contribution in [0.3, 0.4) is 0 Å². The van der Waals surface area contributed by atoms with E-state index in [0.717, 1.165) is 43.7 Å². The lowest BCUT2D eigenvalue weighted by Gasteiger charge is -2.32. The van der Waals surface area contributed by atoms with E-state index in [4.69, 9.17) is 6.42 Å². The standard InChI is InChI=1S/C33H49FN4O5/c1-5-12-27(33(43)36-28(31(41)29(39)17-18-34)22-25-15-10-7-11-16-25)35-32(42)26(21-24-13-8-6-9-14-24)23-30(40)38(4)20-19-37(2)3/h1,6,8-9,13-14,17-18,25-29,31,39,41H,7,10-12,15-16,19-23H2,2-4H3,(H,35,42)(H,36,43)/b18-17+/t26-,27+,28+,29+,31-/m1/s1. The highest BCUT2D eigenvalue weighted by Crippen LogP contribution is 2.28. The van der Waals surface area contributed by atoms with Crippen molar-refractivity contribution < 1.29 is 29.0 Å². The van der Waals surface area contributed by atoms with E-state index in [-0.39, 0.29) is 37.4 Å². The molecule has 10 heteroatoms. The van der Waals surface area contributed by atoms with Crippen molar-refractivity contribution in [3.8, 4) is 12.3 Å². The second-order valence-electron chi connectivity index (χ2n) is 11.8. The van der Waals surface area contributed by atoms with E-state index in [1.807, 2.05) is 49.3 Å². The molecule has 238 valence electrons. The van der Waals surface area contributed by atoms with Crippen molar-refractivity contribution in [3.05, 3.63) is 48.3 Å². The first-order valence-corrected chi connectivity index (χ1v) is 15.2. The monoisotopic (exact) mass is 600 g/mol. The number of halogens is 1. The maximum Gasteiger partial charge on any atom is 0.243 e. The molecule has 1 saturated carbocycles. The summed E-state index contributed by atoms with van der Waals surface area (Å²) in [5, 5.41) is 26.6. The molecule has 0 aliphatic heterocycles. The molecule has 2 rings (SSSR count). The van der Waals surface area contributed by atoms with Crippen LogP contribution in [0.15, 0.2) is 42.7 Å². The van der Waals surface area contributed by atoms with Crippen LogP contribution >= 0.6 is 0 Å². The zero-order valence-corrected chi connectivity index (χ0v) is 25.8. The minimum absolute atomic E-state index is 0.0557. The van der Waals surface area contributed by atoms with Gasteiger partial charge in [-0.15, -0.1) is 12.3 Å². The van der Waals surface area contributed by atoms with Crippen LogP contribution in [0.25, 0.3) is 0 Å². The van der Waals surface area contributed by atoms with Gasteiger partial charge >= 0.3 is 0 Å². The van der Waals surface area contributed by atoms with Crippen LogP contribution in [-0.2, 0) is 20.8 Å². The van der Waals surface area contributed by atoms with Gasteiger partial charge in [0.15, 0.2) is 0 Å². The zero-order valence-electron chi connectivity index (χ0n) is 25.8. The fourth-order valence-electron chi connectivity index (χ4n) is 5.39. The summed E-state index contributed by atoms with van der Waals surface area (Å²) in [5.74, 6) is 0.596. The van der Waals surface area contributed by atoms with Crippen molar-refractivity contribution in [3.63, 3.8) is 0 Å². The summed E-state index contributed by atoms with van der Waals surface area (Å²) < 4.78 is 12.8. The van der Waals surface area contributed by atoms with E-state index in [1.165, 1.54) is 0 Å². The van der Waals surface area contributed by atoms with E-state index >= 15 is 0 Å². The number of carbonyl (C=O) groups is 3. The highest BCUT2D eigenvalue weighted by molar-refractivity contribution is 5.91. The summed E-state index contributed by atoms with van der Waals surface area (Å²) in [7, 11) is 5.53. The predicted molar refractivity (Wildman–Crippen MR) is 165 cm³/mol. The minimum Gasteiger partial charge on any atom is -0.388 e. The van der Waals surface area contributed by atoms with Gasteiger partial charge in [-0.25, -0.2) is 4.39 Å². The molecule has 1 aromatic rings. The van der Waals surface area contributed by atoms with Gasteiger partial charge in [0.1, 0.15) is 18.2 Å². The van der Waals surface area contributed by atoms with Gasteiger partial charge in [0.05, 0.1) is 18.3 Å². The second kappa shape index (κ2) is 19.1. The highest BCUT2D eigenvalue weighted by atomic mass is 19.1. The number of amides is 3. The van der Waals surface area contributed by atoms with Crippen LogP contribution in [0.4, 0.5) is 4.39 Å². The lowest BCUT2D eigenvalue weighted by atomic mass is 9.83. The second-order valence-corrected chi connectivity index (χ2v) is 11.8. The summed E-state index contributed by atoms with van der Waals surface area (Å²) in [5.41, 5.74) is 0.870. The van der Waals surface area contributed by atoms with Gasteiger partial charge in [-0.3, -0.25) is 14.4 Å². The van der Waals surface area contributed by atoms with E-state index in [1.54, 1.807) is 11.9 Å². The molecule has 4 N–H and O–H groups in total. The number of aliphatic hydroxyl groups excluding tert-OH is 2. The number of carbonyl (C=O) groups excluding carboxylic acids is 3. The molecule has 1 fully saturated rings. The fraction of sp³-hybridized carbons (Fsp3) is 0.606. The molecule has 0 unspecified atom stereocenters. The lowest BCUT2D eigenvalue weighted by molar-refractivity contribution is -0.136. The van der Waals surface area contributed by atoms with Crippen molar-refractivity contribution in [2.75, 3.05) is 34.2 Å². The number of benzene rings is 1. The molecule has 5 atom stereocenters. The normalized spacial score (nSPS) is 17.4. The summed E-state index contributed by atoms with van der Waals surface area (Å²) in [4.78, 5) is 43.7. The molecule has 0 aromatic heterocycles. The number of likely N-dealkylation sites (N-methyl/N-ethyl adjacent to an activating group) is 2. The van der Waals surface area contributed by atoms with Crippen molar-refractivity contribution >= 4 is 17.7 Å². The molecule has 1 aliphatic carbocycles. The fourth-order valence-corrected chi connectivity index (χ4v) is 5.39. The Hall–Kier alpha value is -3.26. The number of nitrogens with one attached hydrogen (secondary N) is 2. The maximum atomic E-state index is 13.6. The zero-order chi connectivity index (χ0) is 31.8. The first-order chi connectivity index (χ1) is 20.5. The smallest absolute Gasteiger partial charge is 0.243 e. The van der Waals surface area contributed by atoms with Crippen molar-refractivity contribution in [2.24, 2.45) is 11.8 Å². The van der Waals surface area contributed by atoms with E-state index < -0.39 is 42.0 Å². The molecular weight excluding hydrogens is 551 g/mol. The van der Waals surface area contributed by atoms with Crippen LogP contribution in [0.5, 0.6) is 0 Å². The topological polar surface area (TPSA) is 122 Å². The molecule has 0 spiro atoms. The Morgan fingerprint density at radius 3 is 2.33 bits per heavy atom. The molecule has 0 saturated heterocycles. The number of aliphatic hydroxyl groups is 2. The summed E-state index contributed by atoms with van der Waals surface area (Å²) >= 11 is 0. The van der Waals surface area contributed by atoms with Gasteiger partial charge < -0.3 is 30.6 Å². The first kappa shape index (κ1) is 35.9. The molecule has 9 nitrogen and oxygen atoms in total. The van der Waals surface area contributed by atoms with Crippen molar-refractivity contribution in [1.29, 1.82) is 0 Å². The van der Waals surface area contributed by atoms with Crippen LogP contribution in [0.2, 0.25) is 0 Å². The Labute approximate surface area is 255 Å². The summed E-state index contributed by atoms with van der Waals surface area (Å²) in [6.07, 6.45) is 9.12. The molecule has 1 aliphatic rings. The average molecular weight is 601 g/mol. The minimum atomic E-state index is -1.52. The third-order valence-corrected chi connectivity index (χ3v) is 8.05. The molecule has 1 aromatic carbocycles. The van der Waals surface area contributed by atoms with Gasteiger partial charge in [0.25, 0.3) is 0 Å².